The minimum atomic E-state index is -4.18. The molecule has 1 N–H and O–H groups in total. The van der Waals surface area contributed by atoms with Gasteiger partial charge in [-0.2, -0.15) is 0 Å². The molecule has 0 fully saturated rings. The molecule has 9 nitrogen and oxygen atoms in total. The third kappa shape index (κ3) is 4.44. The molecule has 1 amide bonds. The molecule has 0 aliphatic heterocycles. The lowest BCUT2D eigenvalue weighted by atomic mass is 9.95. The van der Waals surface area contributed by atoms with Crippen molar-refractivity contribution in [1.82, 2.24) is 10.2 Å². The van der Waals surface area contributed by atoms with Crippen molar-refractivity contribution in [3.8, 4) is 11.5 Å². The number of rotatable bonds is 6. The summed E-state index contributed by atoms with van der Waals surface area (Å²) < 4.78 is 35.5. The monoisotopic (exact) mass is 475 g/mol. The summed E-state index contributed by atoms with van der Waals surface area (Å²) in [7, 11) is -2.91. The van der Waals surface area contributed by atoms with E-state index in [0.717, 1.165) is 35.3 Å². The van der Waals surface area contributed by atoms with Gasteiger partial charge in [0.25, 0.3) is 0 Å². The fourth-order valence-electron chi connectivity index (χ4n) is 3.52. The summed E-state index contributed by atoms with van der Waals surface area (Å²) in [5, 5.41) is 9.61. The summed E-state index contributed by atoms with van der Waals surface area (Å²) in [6, 6.07) is 7.14. The van der Waals surface area contributed by atoms with Gasteiger partial charge >= 0.3 is 11.2 Å². The fourth-order valence-corrected chi connectivity index (χ4v) is 5.72. The first-order valence-corrected chi connectivity index (χ1v) is 12.4. The van der Waals surface area contributed by atoms with Gasteiger partial charge in [0, 0.05) is 10.4 Å². The zero-order valence-corrected chi connectivity index (χ0v) is 19.1. The number of carbonyl (C=O) groups excluding carboxylic acids is 2. The Balaban J connectivity index is 1.53. The molecular weight excluding hydrogens is 454 g/mol. The van der Waals surface area contributed by atoms with E-state index in [1.54, 1.807) is 12.1 Å². The molecule has 0 saturated carbocycles. The van der Waals surface area contributed by atoms with Crippen molar-refractivity contribution >= 4 is 38.1 Å². The van der Waals surface area contributed by atoms with E-state index < -0.39 is 32.7 Å². The molecule has 168 valence electrons. The summed E-state index contributed by atoms with van der Waals surface area (Å²) in [6.45, 7) is 1.92. The number of esters is 1. The summed E-state index contributed by atoms with van der Waals surface area (Å²) in [5.74, 6) is -2.21. The highest BCUT2D eigenvalue weighted by atomic mass is 32.2. The molecule has 1 aliphatic carbocycles. The summed E-state index contributed by atoms with van der Waals surface area (Å²) in [4.78, 5) is 25.9. The van der Waals surface area contributed by atoms with E-state index in [9.17, 15) is 18.0 Å². The van der Waals surface area contributed by atoms with Gasteiger partial charge in [-0.25, -0.2) is 13.2 Å². The first-order valence-electron chi connectivity index (χ1n) is 9.94. The zero-order chi connectivity index (χ0) is 22.9. The lowest BCUT2D eigenvalue weighted by molar-refractivity contribution is -0.113. The number of hydrogen-bond donors (Lipinski definition) is 1. The number of nitrogens with one attached hydrogen (secondary N) is 1. The van der Waals surface area contributed by atoms with Crippen molar-refractivity contribution in [3.63, 3.8) is 0 Å². The van der Waals surface area contributed by atoms with Crippen LogP contribution in [0.15, 0.2) is 33.9 Å². The van der Waals surface area contributed by atoms with Gasteiger partial charge in [-0.1, -0.05) is 22.8 Å². The van der Waals surface area contributed by atoms with Crippen LogP contribution in [0, 0.1) is 6.92 Å². The second-order valence-electron chi connectivity index (χ2n) is 7.45. The molecule has 0 bridgehead atoms. The van der Waals surface area contributed by atoms with Crippen LogP contribution in [-0.2, 0) is 32.2 Å². The molecule has 32 heavy (non-hydrogen) atoms. The molecule has 0 saturated heterocycles. The number of benzene rings is 1. The molecule has 4 rings (SSSR count). The molecule has 0 atom stereocenters. The average Bonchev–Trinajstić information content (AvgIpc) is 3.39. The number of sulfone groups is 1. The number of thiophene rings is 1. The minimum Gasteiger partial charge on any atom is -0.465 e. The van der Waals surface area contributed by atoms with Crippen LogP contribution in [0.3, 0.4) is 0 Å². The van der Waals surface area contributed by atoms with E-state index in [0.29, 0.717) is 22.5 Å². The maximum atomic E-state index is 12.7. The van der Waals surface area contributed by atoms with E-state index in [-0.39, 0.29) is 5.89 Å². The van der Waals surface area contributed by atoms with Gasteiger partial charge < -0.3 is 14.5 Å². The number of methoxy groups -OCH3 is 1. The number of amides is 1. The van der Waals surface area contributed by atoms with Gasteiger partial charge in [0.1, 0.15) is 10.8 Å². The van der Waals surface area contributed by atoms with Crippen molar-refractivity contribution in [2.24, 2.45) is 0 Å². The minimum absolute atomic E-state index is 0.0443. The summed E-state index contributed by atoms with van der Waals surface area (Å²) in [5.41, 5.74) is 2.77. The lowest BCUT2D eigenvalue weighted by Crippen LogP contribution is -2.24. The van der Waals surface area contributed by atoms with E-state index in [2.05, 4.69) is 15.5 Å². The van der Waals surface area contributed by atoms with Crippen molar-refractivity contribution in [1.29, 1.82) is 0 Å². The highest BCUT2D eigenvalue weighted by Crippen LogP contribution is 2.38. The quantitative estimate of drug-likeness (QED) is 0.538. The second-order valence-corrected chi connectivity index (χ2v) is 10.4. The molecule has 11 heteroatoms. The number of anilines is 1. The number of aryl methyl sites for hydroxylation is 2. The number of carbonyl (C=O) groups is 2. The van der Waals surface area contributed by atoms with Crippen LogP contribution in [0.2, 0.25) is 0 Å². The Labute approximate surface area is 188 Å². The van der Waals surface area contributed by atoms with E-state index >= 15 is 0 Å². The van der Waals surface area contributed by atoms with Crippen LogP contribution < -0.4 is 5.32 Å². The largest absolute Gasteiger partial charge is 0.465 e. The van der Waals surface area contributed by atoms with Gasteiger partial charge in [0.15, 0.2) is 0 Å². The van der Waals surface area contributed by atoms with Gasteiger partial charge in [0.05, 0.1) is 12.7 Å². The zero-order valence-electron chi connectivity index (χ0n) is 17.5. The Kier molecular flexibility index (Phi) is 6.11. The topological polar surface area (TPSA) is 128 Å². The molecular formula is C21H21N3O6S2. The highest BCUT2D eigenvalue weighted by molar-refractivity contribution is 7.91. The SMILES string of the molecule is COC(=O)c1c(NC(=O)CS(=O)(=O)c2nnc(-c3ccc(C)cc3)o2)sc2c1CCCC2. The maximum absolute atomic E-state index is 12.7. The molecule has 2 aromatic heterocycles. The van der Waals surface area contributed by atoms with Gasteiger partial charge in [-0.3, -0.25) is 4.79 Å². The summed E-state index contributed by atoms with van der Waals surface area (Å²) >= 11 is 1.28. The van der Waals surface area contributed by atoms with Gasteiger partial charge in [-0.05, 0) is 50.3 Å². The molecule has 0 radical (unpaired) electrons. The number of aromatic nitrogens is 2. The van der Waals surface area contributed by atoms with Crippen molar-refractivity contribution < 1.29 is 27.2 Å². The average molecular weight is 476 g/mol. The number of fused-ring (bicyclic) bond motifs is 1. The lowest BCUT2D eigenvalue weighted by Gasteiger charge is -2.11. The predicted octanol–water partition coefficient (Wildman–Crippen LogP) is 3.18. The predicted molar refractivity (Wildman–Crippen MR) is 117 cm³/mol. The molecule has 0 unspecified atom stereocenters. The Morgan fingerprint density at radius 3 is 2.59 bits per heavy atom. The van der Waals surface area contributed by atoms with Gasteiger partial charge in [-0.15, -0.1) is 16.4 Å². The Morgan fingerprint density at radius 1 is 1.16 bits per heavy atom. The van der Waals surface area contributed by atoms with Crippen molar-refractivity contribution in [2.45, 2.75) is 37.8 Å². The number of nitrogens with zero attached hydrogens (tertiary/aromatic N) is 2. The molecule has 3 aromatic rings. The van der Waals surface area contributed by atoms with Crippen LogP contribution in [0.5, 0.6) is 0 Å². The van der Waals surface area contributed by atoms with Crippen LogP contribution >= 0.6 is 11.3 Å². The Morgan fingerprint density at radius 2 is 1.88 bits per heavy atom. The second kappa shape index (κ2) is 8.83. The maximum Gasteiger partial charge on any atom is 0.341 e. The van der Waals surface area contributed by atoms with E-state index in [4.69, 9.17) is 9.15 Å². The number of ether oxygens (including phenoxy) is 1. The standard InChI is InChI=1S/C21H21N3O6S2/c1-12-7-9-13(10-8-12)18-23-24-21(30-18)32(27,28)11-16(25)22-19-17(20(26)29-2)14-5-3-4-6-15(14)31-19/h7-10H,3-6,11H2,1-2H3,(H,22,25). The van der Waals surface area contributed by atoms with Crippen LogP contribution in [-0.4, -0.2) is 43.4 Å². The smallest absolute Gasteiger partial charge is 0.341 e. The van der Waals surface area contributed by atoms with Crippen molar-refractivity contribution in [2.75, 3.05) is 18.2 Å². The fraction of sp³-hybridized carbons (Fsp3) is 0.333. The van der Waals surface area contributed by atoms with Crippen LogP contribution in [0.1, 0.15) is 39.2 Å². The van der Waals surface area contributed by atoms with E-state index in [1.165, 1.54) is 18.4 Å². The molecule has 2 heterocycles. The summed E-state index contributed by atoms with van der Waals surface area (Å²) in [6.07, 6.45) is 3.46. The molecule has 1 aliphatic rings. The van der Waals surface area contributed by atoms with E-state index in [1.807, 2.05) is 19.1 Å². The third-order valence-electron chi connectivity index (χ3n) is 5.11. The normalized spacial score (nSPS) is 13.4. The highest BCUT2D eigenvalue weighted by Gasteiger charge is 2.30. The number of hydrogen-bond acceptors (Lipinski definition) is 9. The third-order valence-corrected chi connectivity index (χ3v) is 7.65. The Hall–Kier alpha value is -3.05. The first kappa shape index (κ1) is 22.2. The first-order chi connectivity index (χ1) is 15.3. The van der Waals surface area contributed by atoms with Crippen LogP contribution in [0.4, 0.5) is 5.00 Å². The van der Waals surface area contributed by atoms with Gasteiger partial charge in [0.2, 0.25) is 21.6 Å². The molecule has 1 aromatic carbocycles. The Bertz CT molecular complexity index is 1280. The van der Waals surface area contributed by atoms with Crippen LogP contribution in [0.25, 0.3) is 11.5 Å². The van der Waals surface area contributed by atoms with Crippen molar-refractivity contribution in [3.05, 3.63) is 45.8 Å². The molecule has 0 spiro atoms.